The van der Waals surface area contributed by atoms with Crippen molar-refractivity contribution in [1.29, 1.82) is 0 Å². The molecule has 2 aromatic carbocycles. The van der Waals surface area contributed by atoms with Gasteiger partial charge in [-0.15, -0.1) is 0 Å². The van der Waals surface area contributed by atoms with Gasteiger partial charge in [0, 0.05) is 7.05 Å². The molecule has 1 heterocycles. The molecule has 0 spiro atoms. The summed E-state index contributed by atoms with van der Waals surface area (Å²) in [5, 5.41) is 0. The monoisotopic (exact) mass is 415 g/mol. The van der Waals surface area contributed by atoms with E-state index in [0.717, 1.165) is 16.9 Å². The number of hydrogen-bond donors (Lipinski definition) is 0. The number of thiocarbonyl (C=S) groups is 1. The lowest BCUT2D eigenvalue weighted by atomic mass is 10.2. The maximum absolute atomic E-state index is 12.1. The van der Waals surface area contributed by atoms with E-state index in [1.165, 1.54) is 16.7 Å². The van der Waals surface area contributed by atoms with Crippen LogP contribution in [0.3, 0.4) is 0 Å². The smallest absolute Gasteiger partial charge is 0.265 e. The van der Waals surface area contributed by atoms with Gasteiger partial charge in [0.25, 0.3) is 5.91 Å². The van der Waals surface area contributed by atoms with E-state index >= 15 is 0 Å². The molecule has 146 valence electrons. The number of likely N-dealkylation sites (N-methyl/N-ethyl adjacent to an activating group) is 1. The Morgan fingerprint density at radius 3 is 2.43 bits per heavy atom. The first kappa shape index (κ1) is 20.2. The molecule has 1 amide bonds. The van der Waals surface area contributed by atoms with Gasteiger partial charge in [0.1, 0.15) is 23.3 Å². The van der Waals surface area contributed by atoms with Crippen LogP contribution in [0.1, 0.15) is 11.1 Å². The predicted octanol–water partition coefficient (Wildman–Crippen LogP) is 4.29. The molecule has 3 rings (SSSR count). The highest BCUT2D eigenvalue weighted by Gasteiger charge is 2.28. The van der Waals surface area contributed by atoms with Crippen LogP contribution < -0.4 is 14.2 Å². The zero-order chi connectivity index (χ0) is 20.1. The highest BCUT2D eigenvalue weighted by molar-refractivity contribution is 8.26. The van der Waals surface area contributed by atoms with E-state index in [1.54, 1.807) is 20.2 Å². The molecule has 0 saturated carbocycles. The van der Waals surface area contributed by atoms with Crippen LogP contribution in [0.15, 0.2) is 47.4 Å². The zero-order valence-electron chi connectivity index (χ0n) is 15.9. The maximum atomic E-state index is 12.1. The van der Waals surface area contributed by atoms with E-state index < -0.39 is 0 Å². The van der Waals surface area contributed by atoms with Gasteiger partial charge in [0.15, 0.2) is 11.5 Å². The Kier molecular flexibility index (Phi) is 6.59. The van der Waals surface area contributed by atoms with Gasteiger partial charge in [-0.05, 0) is 42.3 Å². The van der Waals surface area contributed by atoms with Gasteiger partial charge in [0.05, 0.1) is 12.0 Å². The highest BCUT2D eigenvalue weighted by Crippen LogP contribution is 2.34. The number of rotatable bonds is 7. The Hall–Kier alpha value is -2.51. The number of carbonyl (C=O) groups excluding carboxylic acids is 1. The molecule has 1 saturated heterocycles. The Labute approximate surface area is 174 Å². The van der Waals surface area contributed by atoms with Crippen molar-refractivity contribution >= 4 is 40.3 Å². The summed E-state index contributed by atoms with van der Waals surface area (Å²) in [4.78, 5) is 14.2. The summed E-state index contributed by atoms with van der Waals surface area (Å²) in [6.07, 6.45) is 1.80. The Morgan fingerprint density at radius 2 is 1.79 bits per heavy atom. The van der Waals surface area contributed by atoms with Crippen molar-refractivity contribution in [1.82, 2.24) is 4.90 Å². The Morgan fingerprint density at radius 1 is 1.07 bits per heavy atom. The highest BCUT2D eigenvalue weighted by atomic mass is 32.2. The maximum Gasteiger partial charge on any atom is 0.265 e. The number of carbonyl (C=O) groups is 1. The Bertz CT molecular complexity index is 926. The molecule has 2 aromatic rings. The van der Waals surface area contributed by atoms with Crippen molar-refractivity contribution in [3.63, 3.8) is 0 Å². The summed E-state index contributed by atoms with van der Waals surface area (Å²) in [5.74, 6) is 1.97. The van der Waals surface area contributed by atoms with E-state index in [1.807, 2.05) is 49.4 Å². The molecule has 7 heteroatoms. The average Bonchev–Trinajstić information content (AvgIpc) is 2.94. The lowest BCUT2D eigenvalue weighted by Crippen LogP contribution is -2.22. The third-order valence-corrected chi connectivity index (χ3v) is 5.65. The van der Waals surface area contributed by atoms with Crippen LogP contribution in [-0.2, 0) is 4.79 Å². The van der Waals surface area contributed by atoms with E-state index in [4.69, 9.17) is 26.4 Å². The van der Waals surface area contributed by atoms with E-state index in [2.05, 4.69) is 0 Å². The number of methoxy groups -OCH3 is 1. The summed E-state index contributed by atoms with van der Waals surface area (Å²) < 4.78 is 17.5. The molecular weight excluding hydrogens is 394 g/mol. The molecule has 1 aliphatic heterocycles. The standard InChI is InChI=1S/C21H21NO4S2/c1-14-6-4-5-7-16(14)25-10-11-26-17-9-8-15(12-18(17)24-3)13-19-20(23)22(2)21(27)28-19/h4-9,12-13H,10-11H2,1-3H3. The van der Waals surface area contributed by atoms with Gasteiger partial charge >= 0.3 is 0 Å². The summed E-state index contributed by atoms with van der Waals surface area (Å²) in [6, 6.07) is 13.4. The third-order valence-electron chi connectivity index (χ3n) is 4.16. The van der Waals surface area contributed by atoms with Gasteiger partial charge in [-0.25, -0.2) is 0 Å². The van der Waals surface area contributed by atoms with Gasteiger partial charge in [-0.1, -0.05) is 48.2 Å². The summed E-state index contributed by atoms with van der Waals surface area (Å²) >= 11 is 6.45. The molecule has 0 aliphatic carbocycles. The lowest BCUT2D eigenvalue weighted by molar-refractivity contribution is -0.121. The molecule has 28 heavy (non-hydrogen) atoms. The minimum Gasteiger partial charge on any atom is -0.493 e. The van der Waals surface area contributed by atoms with Gasteiger partial charge < -0.3 is 14.2 Å². The molecule has 5 nitrogen and oxygen atoms in total. The fraction of sp³-hybridized carbons (Fsp3) is 0.238. The predicted molar refractivity (Wildman–Crippen MR) is 116 cm³/mol. The topological polar surface area (TPSA) is 48.0 Å². The molecule has 0 aromatic heterocycles. The van der Waals surface area contributed by atoms with Crippen molar-refractivity contribution in [3.8, 4) is 17.2 Å². The largest absolute Gasteiger partial charge is 0.493 e. The first-order valence-electron chi connectivity index (χ1n) is 8.70. The number of ether oxygens (including phenoxy) is 3. The number of benzene rings is 2. The number of para-hydroxylation sites is 1. The van der Waals surface area contributed by atoms with Crippen molar-refractivity contribution in [3.05, 3.63) is 58.5 Å². The lowest BCUT2D eigenvalue weighted by Gasteiger charge is -2.13. The molecule has 1 fully saturated rings. The number of nitrogens with zero attached hydrogens (tertiary/aromatic N) is 1. The molecule has 0 atom stereocenters. The van der Waals surface area contributed by atoms with Crippen LogP contribution >= 0.6 is 24.0 Å². The molecule has 0 radical (unpaired) electrons. The van der Waals surface area contributed by atoms with E-state index in [0.29, 0.717) is 33.9 Å². The average molecular weight is 416 g/mol. The van der Waals surface area contributed by atoms with Crippen LogP contribution in [0.2, 0.25) is 0 Å². The molecule has 0 bridgehead atoms. The molecular formula is C21H21NO4S2. The van der Waals surface area contributed by atoms with Crippen molar-refractivity contribution < 1.29 is 19.0 Å². The van der Waals surface area contributed by atoms with Crippen LogP contribution in [0.5, 0.6) is 17.2 Å². The molecule has 0 N–H and O–H groups in total. The molecule has 0 unspecified atom stereocenters. The van der Waals surface area contributed by atoms with Gasteiger partial charge in [-0.3, -0.25) is 9.69 Å². The number of hydrogen-bond acceptors (Lipinski definition) is 6. The van der Waals surface area contributed by atoms with Crippen molar-refractivity contribution in [2.45, 2.75) is 6.92 Å². The van der Waals surface area contributed by atoms with E-state index in [9.17, 15) is 4.79 Å². The summed E-state index contributed by atoms with van der Waals surface area (Å²) in [7, 11) is 3.26. The minimum absolute atomic E-state index is 0.0948. The minimum atomic E-state index is -0.0948. The van der Waals surface area contributed by atoms with Gasteiger partial charge in [-0.2, -0.15) is 0 Å². The number of amides is 1. The van der Waals surface area contributed by atoms with Crippen molar-refractivity contribution in [2.75, 3.05) is 27.4 Å². The fourth-order valence-corrected chi connectivity index (χ4v) is 3.79. The summed E-state index contributed by atoms with van der Waals surface area (Å²) in [5.41, 5.74) is 1.93. The van der Waals surface area contributed by atoms with Crippen LogP contribution in [0.25, 0.3) is 6.08 Å². The van der Waals surface area contributed by atoms with Crippen LogP contribution in [0.4, 0.5) is 0 Å². The zero-order valence-corrected chi connectivity index (χ0v) is 17.6. The van der Waals surface area contributed by atoms with Crippen molar-refractivity contribution in [2.24, 2.45) is 0 Å². The quantitative estimate of drug-likeness (QED) is 0.382. The summed E-state index contributed by atoms with van der Waals surface area (Å²) in [6.45, 7) is 2.82. The second-order valence-corrected chi connectivity index (χ2v) is 7.79. The third kappa shape index (κ3) is 4.66. The number of aryl methyl sites for hydroxylation is 1. The first-order valence-corrected chi connectivity index (χ1v) is 9.93. The van der Waals surface area contributed by atoms with Gasteiger partial charge in [0.2, 0.25) is 0 Å². The second kappa shape index (κ2) is 9.12. The van der Waals surface area contributed by atoms with E-state index in [-0.39, 0.29) is 5.91 Å². The fourth-order valence-electron chi connectivity index (χ4n) is 2.61. The van der Waals surface area contributed by atoms with Crippen LogP contribution in [-0.4, -0.2) is 42.5 Å². The van der Waals surface area contributed by atoms with Crippen LogP contribution in [0, 0.1) is 6.92 Å². The number of thioether (sulfide) groups is 1. The SMILES string of the molecule is COc1cc(C=C2SC(=S)N(C)C2=O)ccc1OCCOc1ccccc1C. The first-order chi connectivity index (χ1) is 13.5. The second-order valence-electron chi connectivity index (χ2n) is 6.11. The molecule has 1 aliphatic rings. The normalized spacial score (nSPS) is 15.2. The Balaban J connectivity index is 1.63.